The molecule has 0 fully saturated rings. The molecule has 13 nitrogen and oxygen atoms in total. The molecule has 0 rings (SSSR count). The van der Waals surface area contributed by atoms with Gasteiger partial charge in [-0.2, -0.15) is 0 Å². The summed E-state index contributed by atoms with van der Waals surface area (Å²) in [6, 6.07) is 0. The Labute approximate surface area is 160 Å². The van der Waals surface area contributed by atoms with Crippen LogP contribution in [0, 0.1) is 10.8 Å². The van der Waals surface area contributed by atoms with Crippen molar-refractivity contribution < 1.29 is 65.1 Å². The number of aliphatic hydroxyl groups excluding tert-OH is 6. The Morgan fingerprint density at radius 1 is 0.679 bits per heavy atom. The topological polar surface area (TPSA) is 243 Å². The van der Waals surface area contributed by atoms with Crippen molar-refractivity contribution in [2.45, 2.75) is 0 Å². The minimum absolute atomic E-state index is 0.141. The van der Waals surface area contributed by atoms with Gasteiger partial charge in [0.15, 0.2) is 0 Å². The molecule has 0 aliphatic carbocycles. The highest BCUT2D eigenvalue weighted by atomic mass is 16.5. The van der Waals surface area contributed by atoms with E-state index >= 15 is 0 Å². The van der Waals surface area contributed by atoms with Crippen LogP contribution < -0.4 is 0 Å². The molecular formula is C15H28O13. The average Bonchev–Trinajstić information content (AvgIpc) is 2.70. The van der Waals surface area contributed by atoms with E-state index in [2.05, 4.69) is 6.58 Å². The van der Waals surface area contributed by atoms with Crippen molar-refractivity contribution in [2.75, 3.05) is 52.9 Å². The summed E-state index contributed by atoms with van der Waals surface area (Å²) in [5, 5.41) is 76.6. The van der Waals surface area contributed by atoms with Gasteiger partial charge in [0.05, 0.1) is 63.7 Å². The van der Waals surface area contributed by atoms with Gasteiger partial charge in [0.25, 0.3) is 0 Å². The molecule has 0 unspecified atom stereocenters. The van der Waals surface area contributed by atoms with Crippen LogP contribution in [0.4, 0.5) is 0 Å². The predicted molar refractivity (Wildman–Crippen MR) is 91.3 cm³/mol. The fraction of sp³-hybridized carbons (Fsp3) is 0.667. The Balaban J connectivity index is -0.000000464. The molecule has 0 bridgehead atoms. The molecule has 9 N–H and O–H groups in total. The van der Waals surface area contributed by atoms with Crippen LogP contribution in [-0.2, 0) is 19.1 Å². The monoisotopic (exact) mass is 416 g/mol. The predicted octanol–water partition coefficient (Wildman–Crippen LogP) is -3.66. The molecule has 0 aromatic heterocycles. The number of hydrogen-bond donors (Lipinski definition) is 9. The second-order valence-electron chi connectivity index (χ2n) is 5.59. The van der Waals surface area contributed by atoms with E-state index in [0.717, 1.165) is 6.08 Å². The number of carboxylic acid groups (broad SMARTS) is 3. The minimum Gasteiger partial charge on any atom is -0.478 e. The molecule has 0 spiro atoms. The number of hydrogen-bond acceptors (Lipinski definition) is 10. The quantitative estimate of drug-likeness (QED) is 0.117. The lowest BCUT2D eigenvalue weighted by Gasteiger charge is -2.31. The lowest BCUT2D eigenvalue weighted by molar-refractivity contribution is -0.159. The summed E-state index contributed by atoms with van der Waals surface area (Å²) < 4.78 is 5.15. The van der Waals surface area contributed by atoms with E-state index in [0.29, 0.717) is 0 Å². The zero-order valence-corrected chi connectivity index (χ0v) is 15.1. The van der Waals surface area contributed by atoms with Gasteiger partial charge in [-0.3, -0.25) is 0 Å². The third-order valence-corrected chi connectivity index (χ3v) is 3.19. The third kappa shape index (κ3) is 14.0. The lowest BCUT2D eigenvalue weighted by atomic mass is 9.91. The Bertz CT molecular complexity index is 406. The van der Waals surface area contributed by atoms with Crippen molar-refractivity contribution >= 4 is 17.9 Å². The number of aliphatic hydroxyl groups is 6. The molecule has 0 saturated heterocycles. The summed E-state index contributed by atoms with van der Waals surface area (Å²) in [5.41, 5.74) is -2.32. The van der Waals surface area contributed by atoms with E-state index in [1.807, 2.05) is 0 Å². The van der Waals surface area contributed by atoms with Crippen molar-refractivity contribution in [1.82, 2.24) is 0 Å². The SMILES string of the molecule is C=CC(=O)O.O=C(O)C(=O)O.OCC(CO)(CO)COCC(CO)(CO)CO. The largest absolute Gasteiger partial charge is 0.478 e. The first kappa shape index (κ1) is 30.6. The minimum atomic E-state index is -1.82. The van der Waals surface area contributed by atoms with Crippen LogP contribution in [0.25, 0.3) is 0 Å². The van der Waals surface area contributed by atoms with E-state index in [9.17, 15) is 4.79 Å². The van der Waals surface area contributed by atoms with Crippen LogP contribution in [0.1, 0.15) is 0 Å². The summed E-state index contributed by atoms with van der Waals surface area (Å²) in [4.78, 5) is 27.4. The Kier molecular flexibility index (Phi) is 18.6. The van der Waals surface area contributed by atoms with E-state index in [-0.39, 0.29) is 13.2 Å². The van der Waals surface area contributed by atoms with E-state index in [1.54, 1.807) is 0 Å². The summed E-state index contributed by atoms with van der Waals surface area (Å²) in [5.74, 6) is -4.63. The van der Waals surface area contributed by atoms with Crippen molar-refractivity contribution in [3.05, 3.63) is 12.7 Å². The van der Waals surface area contributed by atoms with Crippen LogP contribution in [-0.4, -0.2) is 117 Å². The number of rotatable bonds is 11. The Morgan fingerprint density at radius 3 is 1.00 bits per heavy atom. The first-order valence-corrected chi connectivity index (χ1v) is 7.53. The molecule has 166 valence electrons. The van der Waals surface area contributed by atoms with Crippen molar-refractivity contribution in [2.24, 2.45) is 10.8 Å². The highest BCUT2D eigenvalue weighted by Gasteiger charge is 2.32. The van der Waals surface area contributed by atoms with Gasteiger partial charge in [-0.1, -0.05) is 6.58 Å². The Hall–Kier alpha value is -2.13. The molecule has 0 radical (unpaired) electrons. The molecular weight excluding hydrogens is 388 g/mol. The maximum absolute atomic E-state index is 9.25. The van der Waals surface area contributed by atoms with Gasteiger partial charge in [0.1, 0.15) is 0 Å². The molecule has 28 heavy (non-hydrogen) atoms. The first-order chi connectivity index (χ1) is 13.0. The second kappa shape index (κ2) is 17.0. The third-order valence-electron chi connectivity index (χ3n) is 3.19. The smallest absolute Gasteiger partial charge is 0.414 e. The number of aliphatic carboxylic acids is 3. The van der Waals surface area contributed by atoms with Gasteiger partial charge in [0, 0.05) is 6.08 Å². The fourth-order valence-electron chi connectivity index (χ4n) is 1.06. The molecule has 0 atom stereocenters. The van der Waals surface area contributed by atoms with Crippen molar-refractivity contribution in [1.29, 1.82) is 0 Å². The zero-order valence-electron chi connectivity index (χ0n) is 15.1. The van der Waals surface area contributed by atoms with Crippen LogP contribution in [0.5, 0.6) is 0 Å². The highest BCUT2D eigenvalue weighted by Crippen LogP contribution is 2.19. The molecule has 0 aromatic carbocycles. The zero-order chi connectivity index (χ0) is 22.8. The number of carboxylic acids is 3. The van der Waals surface area contributed by atoms with Gasteiger partial charge in [-0.15, -0.1) is 0 Å². The number of ether oxygens (including phenoxy) is 1. The van der Waals surface area contributed by atoms with Crippen LogP contribution in [0.15, 0.2) is 12.7 Å². The van der Waals surface area contributed by atoms with Crippen molar-refractivity contribution in [3.8, 4) is 0 Å². The molecule has 13 heteroatoms. The van der Waals surface area contributed by atoms with E-state index in [1.165, 1.54) is 0 Å². The van der Waals surface area contributed by atoms with E-state index in [4.69, 9.17) is 60.3 Å². The van der Waals surface area contributed by atoms with Gasteiger partial charge in [-0.05, 0) is 0 Å². The first-order valence-electron chi connectivity index (χ1n) is 7.53. The lowest BCUT2D eigenvalue weighted by Crippen LogP contribution is -2.43. The van der Waals surface area contributed by atoms with Crippen LogP contribution in [0.3, 0.4) is 0 Å². The van der Waals surface area contributed by atoms with Gasteiger partial charge < -0.3 is 50.7 Å². The maximum atomic E-state index is 9.25. The van der Waals surface area contributed by atoms with Crippen LogP contribution >= 0.6 is 0 Å². The second-order valence-corrected chi connectivity index (χ2v) is 5.59. The van der Waals surface area contributed by atoms with E-state index < -0.39 is 68.4 Å². The summed E-state index contributed by atoms with van der Waals surface area (Å²) in [7, 11) is 0. The Morgan fingerprint density at radius 2 is 0.893 bits per heavy atom. The standard InChI is InChI=1S/C10H22O7.C3H4O2.C2H2O4/c11-1-9(2-12,3-13)7-17-8-10(4-14,5-15)6-16;1-2-3(4)5;3-1(4)2(5)6/h11-16H,1-8H2;2H,1H2,(H,4,5);(H,3,4)(H,5,6). The average molecular weight is 416 g/mol. The molecule has 0 heterocycles. The van der Waals surface area contributed by atoms with Gasteiger partial charge >= 0.3 is 17.9 Å². The molecule has 0 aromatic rings. The summed E-state index contributed by atoms with van der Waals surface area (Å²) >= 11 is 0. The molecule has 0 saturated carbocycles. The molecule has 0 amide bonds. The highest BCUT2D eigenvalue weighted by molar-refractivity contribution is 6.27. The molecule has 0 aliphatic heterocycles. The fourth-order valence-corrected chi connectivity index (χ4v) is 1.06. The normalized spacial score (nSPS) is 10.6. The molecule has 0 aliphatic rings. The van der Waals surface area contributed by atoms with Crippen molar-refractivity contribution in [3.63, 3.8) is 0 Å². The van der Waals surface area contributed by atoms with Gasteiger partial charge in [-0.25, -0.2) is 14.4 Å². The van der Waals surface area contributed by atoms with Gasteiger partial charge in [0.2, 0.25) is 0 Å². The number of carbonyl (C=O) groups is 3. The summed E-state index contributed by atoms with van der Waals surface area (Å²) in [6.07, 6.45) is 0.833. The summed E-state index contributed by atoms with van der Waals surface area (Å²) in [6.45, 7) is -0.0446. The van der Waals surface area contributed by atoms with Crippen LogP contribution in [0.2, 0.25) is 0 Å². The maximum Gasteiger partial charge on any atom is 0.414 e.